The van der Waals surface area contributed by atoms with Gasteiger partial charge in [0.05, 0.1) is 17.6 Å². The van der Waals surface area contributed by atoms with Crippen molar-refractivity contribution in [2.75, 3.05) is 6.61 Å². The van der Waals surface area contributed by atoms with Crippen LogP contribution in [0.4, 0.5) is 0 Å². The van der Waals surface area contributed by atoms with Crippen molar-refractivity contribution < 1.29 is 4.74 Å². The maximum atomic E-state index is 5.73. The normalized spacial score (nSPS) is 10.9. The Morgan fingerprint density at radius 1 is 1.10 bits per heavy atom. The zero-order valence-corrected chi connectivity index (χ0v) is 11.8. The molecule has 3 nitrogen and oxygen atoms in total. The fourth-order valence-corrected chi connectivity index (χ4v) is 2.36. The van der Waals surface area contributed by atoms with Gasteiger partial charge in [0.15, 0.2) is 0 Å². The lowest BCUT2D eigenvalue weighted by molar-refractivity contribution is 0.318. The van der Waals surface area contributed by atoms with Gasteiger partial charge in [0.1, 0.15) is 11.6 Å². The van der Waals surface area contributed by atoms with E-state index in [0.717, 1.165) is 23.5 Å². The van der Waals surface area contributed by atoms with Gasteiger partial charge in [-0.15, -0.1) is 0 Å². The third-order valence-corrected chi connectivity index (χ3v) is 3.47. The highest BCUT2D eigenvalue weighted by molar-refractivity contribution is 5.76. The van der Waals surface area contributed by atoms with Gasteiger partial charge in [-0.1, -0.05) is 24.3 Å². The number of aromatic nitrogens is 2. The van der Waals surface area contributed by atoms with E-state index >= 15 is 0 Å². The molecule has 0 saturated heterocycles. The van der Waals surface area contributed by atoms with Gasteiger partial charge in [-0.25, -0.2) is 4.98 Å². The first kappa shape index (κ1) is 12.7. The number of aryl methyl sites for hydroxylation is 2. The second-order valence-corrected chi connectivity index (χ2v) is 4.99. The number of fused-ring (bicyclic) bond motifs is 1. The summed E-state index contributed by atoms with van der Waals surface area (Å²) < 4.78 is 7.87. The average Bonchev–Trinajstić information content (AvgIpc) is 2.76. The number of hydrogen-bond donors (Lipinski definition) is 0. The van der Waals surface area contributed by atoms with Gasteiger partial charge < -0.3 is 9.30 Å². The van der Waals surface area contributed by atoms with Gasteiger partial charge in [0.2, 0.25) is 0 Å². The molecule has 0 bridgehead atoms. The molecule has 2 aromatic carbocycles. The molecule has 3 rings (SSSR count). The molecule has 20 heavy (non-hydrogen) atoms. The molecular formula is C17H18N2O. The molecule has 0 saturated carbocycles. The summed E-state index contributed by atoms with van der Waals surface area (Å²) in [6.07, 6.45) is 0.805. The minimum Gasteiger partial charge on any atom is -0.493 e. The van der Waals surface area contributed by atoms with E-state index in [1.54, 1.807) is 0 Å². The highest BCUT2D eigenvalue weighted by Crippen LogP contribution is 2.17. The second-order valence-electron chi connectivity index (χ2n) is 4.99. The van der Waals surface area contributed by atoms with Crippen LogP contribution in [-0.2, 0) is 13.5 Å². The van der Waals surface area contributed by atoms with Gasteiger partial charge >= 0.3 is 0 Å². The average molecular weight is 266 g/mol. The fourth-order valence-electron chi connectivity index (χ4n) is 2.36. The Kier molecular flexibility index (Phi) is 3.42. The Bertz CT molecular complexity index is 716. The minimum atomic E-state index is 0.639. The molecular weight excluding hydrogens is 248 g/mol. The fraction of sp³-hybridized carbons (Fsp3) is 0.235. The summed E-state index contributed by atoms with van der Waals surface area (Å²) in [5, 5.41) is 0. The van der Waals surface area contributed by atoms with E-state index in [4.69, 9.17) is 4.74 Å². The third-order valence-electron chi connectivity index (χ3n) is 3.47. The molecule has 3 heteroatoms. The minimum absolute atomic E-state index is 0.639. The molecule has 3 aromatic rings. The monoisotopic (exact) mass is 266 g/mol. The summed E-state index contributed by atoms with van der Waals surface area (Å²) in [5.74, 6) is 1.96. The van der Waals surface area contributed by atoms with E-state index in [-0.39, 0.29) is 0 Å². The van der Waals surface area contributed by atoms with Crippen LogP contribution in [-0.4, -0.2) is 16.2 Å². The van der Waals surface area contributed by atoms with Crippen LogP contribution in [0.1, 0.15) is 11.4 Å². The summed E-state index contributed by atoms with van der Waals surface area (Å²) in [6.45, 7) is 2.73. The van der Waals surface area contributed by atoms with Crippen LogP contribution in [0.5, 0.6) is 5.75 Å². The molecule has 102 valence electrons. The van der Waals surface area contributed by atoms with E-state index in [0.29, 0.717) is 6.61 Å². The van der Waals surface area contributed by atoms with E-state index < -0.39 is 0 Å². The molecule has 0 aliphatic rings. The lowest BCUT2D eigenvalue weighted by Gasteiger charge is -2.06. The molecule has 0 N–H and O–H groups in total. The van der Waals surface area contributed by atoms with Gasteiger partial charge in [0, 0.05) is 13.5 Å². The Morgan fingerprint density at radius 3 is 2.70 bits per heavy atom. The maximum Gasteiger partial charge on any atom is 0.119 e. The van der Waals surface area contributed by atoms with Crippen LogP contribution < -0.4 is 4.74 Å². The Labute approximate surface area is 118 Å². The lowest BCUT2D eigenvalue weighted by Crippen LogP contribution is -2.06. The van der Waals surface area contributed by atoms with E-state index in [1.807, 2.05) is 30.3 Å². The lowest BCUT2D eigenvalue weighted by atomic mass is 10.2. The van der Waals surface area contributed by atoms with Gasteiger partial charge in [-0.05, 0) is 36.8 Å². The summed E-state index contributed by atoms with van der Waals surface area (Å²) in [5.41, 5.74) is 3.47. The molecule has 0 unspecified atom stereocenters. The standard InChI is InChI=1S/C17H18N2O/c1-13-8-9-16-15(12-13)18-17(19(16)2)10-11-20-14-6-4-3-5-7-14/h3-9,12H,10-11H2,1-2H3. The molecule has 0 aliphatic heterocycles. The van der Waals surface area contributed by atoms with Crippen molar-refractivity contribution in [1.82, 2.24) is 9.55 Å². The smallest absolute Gasteiger partial charge is 0.119 e. The first-order chi connectivity index (χ1) is 9.74. The first-order valence-electron chi connectivity index (χ1n) is 6.84. The molecule has 0 spiro atoms. The van der Waals surface area contributed by atoms with E-state index in [1.165, 1.54) is 11.1 Å². The summed E-state index contributed by atoms with van der Waals surface area (Å²) in [4.78, 5) is 4.69. The van der Waals surface area contributed by atoms with Crippen molar-refractivity contribution in [3.63, 3.8) is 0 Å². The van der Waals surface area contributed by atoms with Gasteiger partial charge in [0.25, 0.3) is 0 Å². The number of hydrogen-bond acceptors (Lipinski definition) is 2. The number of rotatable bonds is 4. The zero-order chi connectivity index (χ0) is 13.9. The van der Waals surface area contributed by atoms with Crippen LogP contribution in [0.15, 0.2) is 48.5 Å². The number of imidazole rings is 1. The van der Waals surface area contributed by atoms with Crippen LogP contribution in [0.25, 0.3) is 11.0 Å². The van der Waals surface area contributed by atoms with Crippen molar-refractivity contribution in [2.24, 2.45) is 7.05 Å². The highest BCUT2D eigenvalue weighted by atomic mass is 16.5. The number of nitrogens with zero attached hydrogens (tertiary/aromatic N) is 2. The van der Waals surface area contributed by atoms with Crippen molar-refractivity contribution >= 4 is 11.0 Å². The summed E-state index contributed by atoms with van der Waals surface area (Å²) >= 11 is 0. The quantitative estimate of drug-likeness (QED) is 0.722. The molecule has 1 aromatic heterocycles. The number of ether oxygens (including phenoxy) is 1. The SMILES string of the molecule is Cc1ccc2c(c1)nc(CCOc1ccccc1)n2C. The van der Waals surface area contributed by atoms with Gasteiger partial charge in [-0.2, -0.15) is 0 Å². The number of benzene rings is 2. The number of para-hydroxylation sites is 1. The third kappa shape index (κ3) is 2.52. The van der Waals surface area contributed by atoms with Crippen LogP contribution in [0.3, 0.4) is 0 Å². The largest absolute Gasteiger partial charge is 0.493 e. The van der Waals surface area contributed by atoms with Crippen molar-refractivity contribution in [3.05, 3.63) is 59.9 Å². The van der Waals surface area contributed by atoms with Crippen LogP contribution in [0, 0.1) is 6.92 Å². The molecule has 0 radical (unpaired) electrons. The Balaban J connectivity index is 1.73. The van der Waals surface area contributed by atoms with E-state index in [2.05, 4.69) is 41.7 Å². The zero-order valence-electron chi connectivity index (χ0n) is 11.8. The molecule has 0 atom stereocenters. The molecule has 1 heterocycles. The highest BCUT2D eigenvalue weighted by Gasteiger charge is 2.07. The maximum absolute atomic E-state index is 5.73. The predicted molar refractivity (Wildman–Crippen MR) is 81.1 cm³/mol. The topological polar surface area (TPSA) is 27.1 Å². The Hall–Kier alpha value is -2.29. The van der Waals surface area contributed by atoms with Crippen LogP contribution in [0.2, 0.25) is 0 Å². The Morgan fingerprint density at radius 2 is 1.90 bits per heavy atom. The molecule has 0 fully saturated rings. The molecule has 0 amide bonds. The van der Waals surface area contributed by atoms with Gasteiger partial charge in [-0.3, -0.25) is 0 Å². The van der Waals surface area contributed by atoms with Crippen molar-refractivity contribution in [3.8, 4) is 5.75 Å². The van der Waals surface area contributed by atoms with E-state index in [9.17, 15) is 0 Å². The van der Waals surface area contributed by atoms with Crippen molar-refractivity contribution in [1.29, 1.82) is 0 Å². The van der Waals surface area contributed by atoms with Crippen LogP contribution >= 0.6 is 0 Å². The van der Waals surface area contributed by atoms with Crippen molar-refractivity contribution in [2.45, 2.75) is 13.3 Å². The second kappa shape index (κ2) is 5.37. The summed E-state index contributed by atoms with van der Waals surface area (Å²) in [7, 11) is 2.06. The first-order valence-corrected chi connectivity index (χ1v) is 6.84. The summed E-state index contributed by atoms with van der Waals surface area (Å²) in [6, 6.07) is 16.3. The predicted octanol–water partition coefficient (Wildman–Crippen LogP) is 3.50. The molecule has 0 aliphatic carbocycles.